The summed E-state index contributed by atoms with van der Waals surface area (Å²) in [6.07, 6.45) is 14.6. The maximum atomic E-state index is 12.6. The SMILES string of the molecule is [N-]=[N+]=Nc1ccccc1C(CC(=O)[C]1[CH][CH][CH][CH]1)CC(=O)[C]1[CH][CH][CH][CH]1. The third kappa shape index (κ3) is 4.53. The van der Waals surface area contributed by atoms with E-state index in [0.29, 0.717) is 23.1 Å². The summed E-state index contributed by atoms with van der Waals surface area (Å²) in [6, 6.07) is 7.09. The van der Waals surface area contributed by atoms with Crippen LogP contribution in [0.3, 0.4) is 0 Å². The average molecular weight is 343 g/mol. The van der Waals surface area contributed by atoms with Crippen LogP contribution < -0.4 is 0 Å². The molecular formula is C21H17N3O2. The van der Waals surface area contributed by atoms with Crippen LogP contribution in [-0.2, 0) is 9.59 Å². The maximum Gasteiger partial charge on any atom is 0.141 e. The summed E-state index contributed by atoms with van der Waals surface area (Å²) in [5.41, 5.74) is 9.98. The molecular weight excluding hydrogens is 326 g/mol. The first kappa shape index (κ1) is 18.7. The molecule has 2 aliphatic carbocycles. The lowest BCUT2D eigenvalue weighted by Gasteiger charge is -2.20. The molecule has 5 nitrogen and oxygen atoms in total. The Morgan fingerprint density at radius 3 is 1.88 bits per heavy atom. The Morgan fingerprint density at radius 2 is 1.38 bits per heavy atom. The quantitative estimate of drug-likeness (QED) is 0.397. The smallest absolute Gasteiger partial charge is 0.141 e. The molecule has 3 rings (SSSR count). The largest absolute Gasteiger partial charge is 0.299 e. The molecule has 0 N–H and O–H groups in total. The number of Topliss-reactive ketones (excluding diaryl/α,β-unsaturated/α-hetero) is 2. The standard InChI is InChI=1S/C21H17N3O2/c22-24-23-19-12-6-5-11-18(19)17(13-20(25)15-7-1-2-8-15)14-21(26)16-9-3-4-10-16/h1-12,17H,13-14H2. The fraction of sp³-hybridized carbons (Fsp3) is 0.143. The molecule has 2 fully saturated rings. The van der Waals surface area contributed by atoms with E-state index in [1.165, 1.54) is 0 Å². The number of hydrogen-bond acceptors (Lipinski definition) is 3. The van der Waals surface area contributed by atoms with Crippen molar-refractivity contribution in [2.45, 2.75) is 18.8 Å². The summed E-state index contributed by atoms with van der Waals surface area (Å²) in [5.74, 6) is 0.813. The van der Waals surface area contributed by atoms with Gasteiger partial charge in [-0.2, -0.15) is 0 Å². The molecule has 2 aliphatic rings. The van der Waals surface area contributed by atoms with Gasteiger partial charge in [0.2, 0.25) is 0 Å². The number of benzene rings is 1. The molecule has 2 saturated carbocycles. The lowest BCUT2D eigenvalue weighted by atomic mass is 9.82. The van der Waals surface area contributed by atoms with Gasteiger partial charge in [0, 0.05) is 35.3 Å². The topological polar surface area (TPSA) is 82.9 Å². The van der Waals surface area contributed by atoms with E-state index in [2.05, 4.69) is 10.0 Å². The second kappa shape index (κ2) is 9.00. The van der Waals surface area contributed by atoms with Crippen molar-refractivity contribution in [2.75, 3.05) is 0 Å². The van der Waals surface area contributed by atoms with Gasteiger partial charge in [-0.05, 0) is 68.4 Å². The highest BCUT2D eigenvalue weighted by molar-refractivity contribution is 6.00. The van der Waals surface area contributed by atoms with Crippen LogP contribution in [0, 0.1) is 63.2 Å². The molecule has 0 aromatic heterocycles. The maximum absolute atomic E-state index is 12.6. The van der Waals surface area contributed by atoms with Crippen molar-refractivity contribution >= 4 is 17.3 Å². The lowest BCUT2D eigenvalue weighted by Crippen LogP contribution is -2.19. The zero-order valence-electron chi connectivity index (χ0n) is 14.1. The number of azide groups is 1. The molecule has 0 heterocycles. The minimum absolute atomic E-state index is 0.0361. The van der Waals surface area contributed by atoms with Crippen LogP contribution in [0.25, 0.3) is 10.4 Å². The van der Waals surface area contributed by atoms with Gasteiger partial charge < -0.3 is 0 Å². The Labute approximate surface area is 154 Å². The van der Waals surface area contributed by atoms with Crippen LogP contribution in [-0.4, -0.2) is 11.6 Å². The van der Waals surface area contributed by atoms with Gasteiger partial charge in [-0.3, -0.25) is 9.59 Å². The molecule has 0 amide bonds. The van der Waals surface area contributed by atoms with E-state index in [-0.39, 0.29) is 30.3 Å². The van der Waals surface area contributed by atoms with E-state index in [4.69, 9.17) is 5.53 Å². The first-order chi connectivity index (χ1) is 12.7. The van der Waals surface area contributed by atoms with Crippen molar-refractivity contribution < 1.29 is 9.59 Å². The van der Waals surface area contributed by atoms with E-state index in [1.54, 1.807) is 37.8 Å². The molecule has 26 heavy (non-hydrogen) atoms. The Kier molecular flexibility index (Phi) is 6.45. The van der Waals surface area contributed by atoms with Crippen LogP contribution in [0.4, 0.5) is 5.69 Å². The summed E-state index contributed by atoms with van der Waals surface area (Å²) < 4.78 is 0. The minimum Gasteiger partial charge on any atom is -0.299 e. The number of hydrogen-bond donors (Lipinski definition) is 0. The van der Waals surface area contributed by atoms with Crippen molar-refractivity contribution in [1.82, 2.24) is 0 Å². The highest BCUT2D eigenvalue weighted by Gasteiger charge is 2.31. The molecule has 0 bridgehead atoms. The van der Waals surface area contributed by atoms with Crippen molar-refractivity contribution in [3.63, 3.8) is 0 Å². The lowest BCUT2D eigenvalue weighted by molar-refractivity contribution is -0.118. The zero-order chi connectivity index (χ0) is 18.4. The molecule has 0 saturated heterocycles. The molecule has 0 unspecified atom stereocenters. The molecule has 1 aromatic carbocycles. The zero-order valence-corrected chi connectivity index (χ0v) is 14.1. The second-order valence-electron chi connectivity index (χ2n) is 6.05. The van der Waals surface area contributed by atoms with Gasteiger partial charge in [0.25, 0.3) is 0 Å². The van der Waals surface area contributed by atoms with Crippen LogP contribution in [0.2, 0.25) is 0 Å². The first-order valence-electron chi connectivity index (χ1n) is 8.33. The van der Waals surface area contributed by atoms with Crippen molar-refractivity contribution in [3.05, 3.63) is 103 Å². The summed E-state index contributed by atoms with van der Waals surface area (Å²) >= 11 is 0. The van der Waals surface area contributed by atoms with E-state index in [1.807, 2.05) is 37.8 Å². The molecule has 0 aliphatic heterocycles. The van der Waals surface area contributed by atoms with Crippen LogP contribution in [0.5, 0.6) is 0 Å². The fourth-order valence-corrected chi connectivity index (χ4v) is 3.07. The van der Waals surface area contributed by atoms with E-state index < -0.39 is 0 Å². The summed E-state index contributed by atoms with van der Waals surface area (Å²) in [7, 11) is 0. The number of carbonyl (C=O) groups is 2. The normalized spacial score (nSPS) is 18.2. The number of ketones is 2. The second-order valence-corrected chi connectivity index (χ2v) is 6.05. The van der Waals surface area contributed by atoms with Gasteiger partial charge in [-0.15, -0.1) is 0 Å². The van der Waals surface area contributed by atoms with Crippen molar-refractivity contribution in [3.8, 4) is 0 Å². The third-order valence-corrected chi connectivity index (χ3v) is 4.36. The predicted molar refractivity (Wildman–Crippen MR) is 98.1 cm³/mol. The number of carbonyl (C=O) groups excluding carboxylic acids is 2. The van der Waals surface area contributed by atoms with Gasteiger partial charge in [0.15, 0.2) is 0 Å². The molecule has 5 heteroatoms. The molecule has 0 atom stereocenters. The van der Waals surface area contributed by atoms with Crippen LogP contribution in [0.15, 0.2) is 29.4 Å². The third-order valence-electron chi connectivity index (χ3n) is 4.36. The Bertz CT molecular complexity index is 667. The fourth-order valence-electron chi connectivity index (χ4n) is 3.07. The molecule has 0 spiro atoms. The highest BCUT2D eigenvalue weighted by atomic mass is 16.1. The van der Waals surface area contributed by atoms with Crippen LogP contribution in [0.1, 0.15) is 24.3 Å². The molecule has 1 aromatic rings. The Hall–Kier alpha value is -2.13. The monoisotopic (exact) mass is 343 g/mol. The number of rotatable bonds is 8. The van der Waals surface area contributed by atoms with Crippen LogP contribution >= 0.6 is 0 Å². The molecule has 10 radical (unpaired) electrons. The number of nitrogens with zero attached hydrogens (tertiary/aromatic N) is 3. The molecule has 128 valence electrons. The average Bonchev–Trinajstić information content (AvgIpc) is 3.35. The van der Waals surface area contributed by atoms with E-state index in [0.717, 1.165) is 0 Å². The minimum atomic E-state index is -0.360. The van der Waals surface area contributed by atoms with Gasteiger partial charge in [0.05, 0.1) is 0 Å². The Morgan fingerprint density at radius 1 is 0.885 bits per heavy atom. The summed E-state index contributed by atoms with van der Waals surface area (Å²) in [4.78, 5) is 28.1. The first-order valence-corrected chi connectivity index (χ1v) is 8.33. The predicted octanol–water partition coefficient (Wildman–Crippen LogP) is 4.44. The van der Waals surface area contributed by atoms with Gasteiger partial charge in [-0.1, -0.05) is 29.4 Å². The van der Waals surface area contributed by atoms with Gasteiger partial charge in [0.1, 0.15) is 11.6 Å². The van der Waals surface area contributed by atoms with Crippen molar-refractivity contribution in [1.29, 1.82) is 0 Å². The summed E-state index contributed by atoms with van der Waals surface area (Å²) in [6.45, 7) is 0. The summed E-state index contributed by atoms with van der Waals surface area (Å²) in [5, 5.41) is 3.73. The van der Waals surface area contributed by atoms with Gasteiger partial charge in [-0.25, -0.2) is 0 Å². The van der Waals surface area contributed by atoms with E-state index >= 15 is 0 Å². The van der Waals surface area contributed by atoms with E-state index in [9.17, 15) is 9.59 Å². The van der Waals surface area contributed by atoms with Crippen molar-refractivity contribution in [2.24, 2.45) is 5.11 Å². The highest BCUT2D eigenvalue weighted by Crippen LogP contribution is 2.37. The van der Waals surface area contributed by atoms with Gasteiger partial charge >= 0.3 is 0 Å². The Balaban J connectivity index is 1.81.